The van der Waals surface area contributed by atoms with E-state index in [0.717, 1.165) is 12.5 Å². The molecule has 0 amide bonds. The average molecular weight is 331 g/mol. The van der Waals surface area contributed by atoms with Crippen LogP contribution in [0.1, 0.15) is 20.3 Å². The van der Waals surface area contributed by atoms with Crippen molar-refractivity contribution in [3.63, 3.8) is 0 Å². The van der Waals surface area contributed by atoms with Crippen molar-refractivity contribution >= 4 is 10.0 Å². The molecule has 5 nitrogen and oxygen atoms in total. The lowest BCUT2D eigenvalue weighted by molar-refractivity contribution is 0.222. The quantitative estimate of drug-likeness (QED) is 0.851. The van der Waals surface area contributed by atoms with Crippen molar-refractivity contribution in [3.8, 4) is 11.5 Å². The largest absolute Gasteiger partial charge is 0.493 e. The number of piperidine rings is 1. The SMILES string of the molecule is COc1cc(F)c(S(=O)(=O)N2CC(C)CC(C)C2)cc1OC. The fourth-order valence-electron chi connectivity index (χ4n) is 2.97. The number of nitrogens with zero attached hydrogens (tertiary/aromatic N) is 1. The third kappa shape index (κ3) is 3.20. The molecule has 1 aliphatic rings. The second-order valence-electron chi connectivity index (χ2n) is 5.91. The van der Waals surface area contributed by atoms with Gasteiger partial charge in [-0.15, -0.1) is 0 Å². The molecular formula is C15H22FNO4S. The summed E-state index contributed by atoms with van der Waals surface area (Å²) >= 11 is 0. The summed E-state index contributed by atoms with van der Waals surface area (Å²) < 4.78 is 51.2. The van der Waals surface area contributed by atoms with Crippen LogP contribution in [0.3, 0.4) is 0 Å². The summed E-state index contributed by atoms with van der Waals surface area (Å²) in [6.07, 6.45) is 0.973. The number of rotatable bonds is 4. The Morgan fingerprint density at radius 2 is 1.59 bits per heavy atom. The molecule has 0 bridgehead atoms. The van der Waals surface area contributed by atoms with Crippen LogP contribution >= 0.6 is 0 Å². The molecule has 7 heteroatoms. The molecule has 2 unspecified atom stereocenters. The van der Waals surface area contributed by atoms with Crippen molar-refractivity contribution in [2.75, 3.05) is 27.3 Å². The van der Waals surface area contributed by atoms with Gasteiger partial charge in [0.1, 0.15) is 10.7 Å². The van der Waals surface area contributed by atoms with E-state index in [9.17, 15) is 12.8 Å². The van der Waals surface area contributed by atoms with Crippen molar-refractivity contribution in [1.82, 2.24) is 4.31 Å². The van der Waals surface area contributed by atoms with E-state index in [2.05, 4.69) is 0 Å². The number of methoxy groups -OCH3 is 2. The van der Waals surface area contributed by atoms with Crippen LogP contribution in [0.2, 0.25) is 0 Å². The van der Waals surface area contributed by atoms with E-state index in [-0.39, 0.29) is 28.2 Å². The maximum Gasteiger partial charge on any atom is 0.246 e. The predicted octanol–water partition coefficient (Wildman–Crippen LogP) is 2.51. The lowest BCUT2D eigenvalue weighted by atomic mass is 9.94. The van der Waals surface area contributed by atoms with E-state index in [1.54, 1.807) is 0 Å². The van der Waals surface area contributed by atoms with Gasteiger partial charge in [0.25, 0.3) is 0 Å². The highest BCUT2D eigenvalue weighted by Crippen LogP contribution is 2.34. The molecule has 22 heavy (non-hydrogen) atoms. The van der Waals surface area contributed by atoms with Crippen molar-refractivity contribution in [3.05, 3.63) is 17.9 Å². The van der Waals surface area contributed by atoms with Crippen LogP contribution in [0.15, 0.2) is 17.0 Å². The molecule has 0 N–H and O–H groups in total. The van der Waals surface area contributed by atoms with Crippen molar-refractivity contribution in [2.24, 2.45) is 11.8 Å². The highest BCUT2D eigenvalue weighted by Gasteiger charge is 2.34. The molecule has 0 aromatic heterocycles. The molecule has 0 saturated carbocycles. The van der Waals surface area contributed by atoms with Crippen LogP contribution < -0.4 is 9.47 Å². The molecule has 1 aromatic rings. The summed E-state index contributed by atoms with van der Waals surface area (Å²) in [7, 11) is -1.13. The van der Waals surface area contributed by atoms with E-state index < -0.39 is 15.8 Å². The topological polar surface area (TPSA) is 55.8 Å². The van der Waals surface area contributed by atoms with Gasteiger partial charge in [-0.05, 0) is 18.3 Å². The molecule has 1 fully saturated rings. The minimum atomic E-state index is -3.89. The monoisotopic (exact) mass is 331 g/mol. The van der Waals surface area contributed by atoms with Gasteiger partial charge in [-0.2, -0.15) is 4.31 Å². The first kappa shape index (κ1) is 17.0. The minimum absolute atomic E-state index is 0.166. The van der Waals surface area contributed by atoms with Gasteiger partial charge in [0.15, 0.2) is 11.5 Å². The highest BCUT2D eigenvalue weighted by molar-refractivity contribution is 7.89. The van der Waals surface area contributed by atoms with E-state index in [4.69, 9.17) is 9.47 Å². The number of ether oxygens (including phenoxy) is 2. The lowest BCUT2D eigenvalue weighted by Gasteiger charge is -2.34. The van der Waals surface area contributed by atoms with Crippen molar-refractivity contribution in [1.29, 1.82) is 0 Å². The van der Waals surface area contributed by atoms with Crippen LogP contribution in [0, 0.1) is 17.7 Å². The number of halogens is 1. The van der Waals surface area contributed by atoms with Crippen LogP contribution in [0.5, 0.6) is 11.5 Å². The van der Waals surface area contributed by atoms with Crippen molar-refractivity contribution < 1.29 is 22.3 Å². The maximum absolute atomic E-state index is 14.3. The molecule has 1 saturated heterocycles. The zero-order chi connectivity index (χ0) is 16.5. The average Bonchev–Trinajstić information content (AvgIpc) is 2.45. The van der Waals surface area contributed by atoms with E-state index >= 15 is 0 Å². The summed E-state index contributed by atoms with van der Waals surface area (Å²) in [5.74, 6) is 0.0342. The van der Waals surface area contributed by atoms with Gasteiger partial charge in [0, 0.05) is 25.2 Å². The number of sulfonamides is 1. The van der Waals surface area contributed by atoms with E-state index in [1.165, 1.54) is 24.6 Å². The van der Waals surface area contributed by atoms with Crippen LogP contribution in [-0.2, 0) is 10.0 Å². The second-order valence-corrected chi connectivity index (χ2v) is 7.81. The molecule has 124 valence electrons. The predicted molar refractivity (Wildman–Crippen MR) is 81.2 cm³/mol. The Balaban J connectivity index is 2.45. The zero-order valence-corrected chi connectivity index (χ0v) is 14.1. The zero-order valence-electron chi connectivity index (χ0n) is 13.3. The Morgan fingerprint density at radius 3 is 2.09 bits per heavy atom. The Kier molecular flexibility index (Phi) is 4.97. The molecule has 0 spiro atoms. The minimum Gasteiger partial charge on any atom is -0.493 e. The molecule has 1 heterocycles. The Morgan fingerprint density at radius 1 is 1.09 bits per heavy atom. The van der Waals surface area contributed by atoms with Gasteiger partial charge in [0.2, 0.25) is 10.0 Å². The standard InChI is InChI=1S/C15H22FNO4S/c1-10-5-11(2)9-17(8-10)22(18,19)15-7-14(21-4)13(20-3)6-12(15)16/h6-7,10-11H,5,8-9H2,1-4H3. The normalized spacial score (nSPS) is 23.3. The summed E-state index contributed by atoms with van der Waals surface area (Å²) in [5.41, 5.74) is 0. The van der Waals surface area contributed by atoms with Gasteiger partial charge in [-0.25, -0.2) is 12.8 Å². The molecule has 0 radical (unpaired) electrons. The molecule has 1 aliphatic heterocycles. The van der Waals surface area contributed by atoms with Gasteiger partial charge < -0.3 is 9.47 Å². The number of benzene rings is 1. The van der Waals surface area contributed by atoms with Crippen LogP contribution in [0.25, 0.3) is 0 Å². The second kappa shape index (κ2) is 6.42. The fraction of sp³-hybridized carbons (Fsp3) is 0.600. The van der Waals surface area contributed by atoms with Crippen LogP contribution in [0.4, 0.5) is 4.39 Å². The maximum atomic E-state index is 14.3. The molecule has 2 atom stereocenters. The first-order chi connectivity index (χ1) is 10.3. The first-order valence-corrected chi connectivity index (χ1v) is 8.65. The van der Waals surface area contributed by atoms with Gasteiger partial charge in [0.05, 0.1) is 14.2 Å². The number of hydrogen-bond acceptors (Lipinski definition) is 4. The molecule has 0 aliphatic carbocycles. The Bertz CT molecular complexity index is 637. The van der Waals surface area contributed by atoms with Gasteiger partial charge in [-0.1, -0.05) is 13.8 Å². The Labute approximate surface area is 131 Å². The van der Waals surface area contributed by atoms with Gasteiger partial charge >= 0.3 is 0 Å². The highest BCUT2D eigenvalue weighted by atomic mass is 32.2. The molecule has 2 rings (SSSR count). The lowest BCUT2D eigenvalue weighted by Crippen LogP contribution is -2.42. The third-order valence-corrected chi connectivity index (χ3v) is 5.74. The molecule has 1 aromatic carbocycles. The van der Waals surface area contributed by atoms with Crippen LogP contribution in [-0.4, -0.2) is 40.0 Å². The summed E-state index contributed by atoms with van der Waals surface area (Å²) in [6.45, 7) is 4.81. The first-order valence-electron chi connectivity index (χ1n) is 7.21. The summed E-state index contributed by atoms with van der Waals surface area (Å²) in [6, 6.07) is 2.23. The molecular weight excluding hydrogens is 309 g/mol. The summed E-state index contributed by atoms with van der Waals surface area (Å²) in [4.78, 5) is -0.369. The fourth-order valence-corrected chi connectivity index (χ4v) is 4.72. The smallest absolute Gasteiger partial charge is 0.246 e. The third-order valence-electron chi connectivity index (χ3n) is 3.89. The summed E-state index contributed by atoms with van der Waals surface area (Å²) in [5, 5.41) is 0. The van der Waals surface area contributed by atoms with Crippen molar-refractivity contribution in [2.45, 2.75) is 25.2 Å². The number of hydrogen-bond donors (Lipinski definition) is 0. The van der Waals surface area contributed by atoms with E-state index in [0.29, 0.717) is 13.1 Å². The van der Waals surface area contributed by atoms with E-state index in [1.807, 2.05) is 13.8 Å². The van der Waals surface area contributed by atoms with Gasteiger partial charge in [-0.3, -0.25) is 0 Å². The Hall–Kier alpha value is -1.34.